The molecule has 0 radical (unpaired) electrons. The molecule has 98 valence electrons. The number of nitrogens with zero attached hydrogens (tertiary/aromatic N) is 2. The van der Waals surface area contributed by atoms with Gasteiger partial charge in [-0.05, 0) is 35.7 Å². The van der Waals surface area contributed by atoms with E-state index in [4.69, 9.17) is 11.0 Å². The normalized spacial score (nSPS) is 10.6. The Morgan fingerprint density at radius 3 is 2.80 bits per heavy atom. The Bertz CT molecular complexity index is 807. The highest BCUT2D eigenvalue weighted by Gasteiger charge is 2.08. The van der Waals surface area contributed by atoms with Crippen molar-refractivity contribution in [3.05, 3.63) is 64.3 Å². The molecule has 0 aliphatic rings. The highest BCUT2D eigenvalue weighted by atomic mass is 79.9. The Balaban J connectivity index is 2.09. The second-order valence-electron chi connectivity index (χ2n) is 4.64. The SMILES string of the molecule is N#Cc1ccc2ccn(Cc3c(N)cccc3Br)c2c1. The molecule has 0 fully saturated rings. The fourth-order valence-electron chi connectivity index (χ4n) is 2.30. The average molecular weight is 326 g/mol. The Labute approximate surface area is 125 Å². The lowest BCUT2D eigenvalue weighted by Crippen LogP contribution is -2.02. The molecule has 0 amide bonds. The monoisotopic (exact) mass is 325 g/mol. The molecule has 0 bridgehead atoms. The van der Waals surface area contributed by atoms with Crippen LogP contribution in [0, 0.1) is 11.3 Å². The first kappa shape index (κ1) is 12.8. The molecule has 0 atom stereocenters. The van der Waals surface area contributed by atoms with Crippen molar-refractivity contribution in [2.24, 2.45) is 0 Å². The van der Waals surface area contributed by atoms with E-state index in [0.29, 0.717) is 12.1 Å². The first-order chi connectivity index (χ1) is 9.69. The van der Waals surface area contributed by atoms with E-state index >= 15 is 0 Å². The zero-order chi connectivity index (χ0) is 14.1. The molecule has 4 heteroatoms. The second kappa shape index (κ2) is 5.03. The third kappa shape index (κ3) is 2.17. The lowest BCUT2D eigenvalue weighted by atomic mass is 10.1. The third-order valence-corrected chi connectivity index (χ3v) is 4.13. The molecule has 0 unspecified atom stereocenters. The van der Waals surface area contributed by atoms with Crippen molar-refractivity contribution < 1.29 is 0 Å². The molecule has 1 heterocycles. The number of rotatable bonds is 2. The molecule has 3 nitrogen and oxygen atoms in total. The van der Waals surface area contributed by atoms with Crippen LogP contribution >= 0.6 is 15.9 Å². The number of halogens is 1. The first-order valence-electron chi connectivity index (χ1n) is 6.21. The predicted molar refractivity (Wildman–Crippen MR) is 84.3 cm³/mol. The van der Waals surface area contributed by atoms with Gasteiger partial charge < -0.3 is 10.3 Å². The van der Waals surface area contributed by atoms with E-state index in [1.807, 2.05) is 48.7 Å². The number of nitrogen functional groups attached to an aromatic ring is 1. The number of fused-ring (bicyclic) bond motifs is 1. The van der Waals surface area contributed by atoms with E-state index in [9.17, 15) is 0 Å². The molecule has 0 aliphatic carbocycles. The van der Waals surface area contributed by atoms with E-state index in [1.54, 1.807) is 0 Å². The van der Waals surface area contributed by atoms with Crippen molar-refractivity contribution in [1.29, 1.82) is 5.26 Å². The summed E-state index contributed by atoms with van der Waals surface area (Å²) in [5, 5.41) is 10.1. The first-order valence-corrected chi connectivity index (χ1v) is 7.00. The number of hydrogen-bond donors (Lipinski definition) is 1. The van der Waals surface area contributed by atoms with Gasteiger partial charge in [0.25, 0.3) is 0 Å². The Morgan fingerprint density at radius 2 is 2.05 bits per heavy atom. The molecule has 3 aromatic rings. The van der Waals surface area contributed by atoms with Crippen LogP contribution in [0.3, 0.4) is 0 Å². The van der Waals surface area contributed by atoms with Crippen LogP contribution in [0.1, 0.15) is 11.1 Å². The number of aromatic nitrogens is 1. The minimum absolute atomic E-state index is 0.664. The standard InChI is InChI=1S/C16H12BrN3/c17-14-2-1-3-15(19)13(14)10-20-7-6-12-5-4-11(9-18)8-16(12)20/h1-8H,10,19H2. The van der Waals surface area contributed by atoms with Gasteiger partial charge in [-0.25, -0.2) is 0 Å². The van der Waals surface area contributed by atoms with E-state index in [-0.39, 0.29) is 0 Å². The van der Waals surface area contributed by atoms with Gasteiger partial charge in [0.2, 0.25) is 0 Å². The van der Waals surface area contributed by atoms with Gasteiger partial charge in [0.1, 0.15) is 0 Å². The number of nitrogens with two attached hydrogens (primary N) is 1. The zero-order valence-corrected chi connectivity index (χ0v) is 12.3. The second-order valence-corrected chi connectivity index (χ2v) is 5.49. The van der Waals surface area contributed by atoms with Gasteiger partial charge in [0.05, 0.1) is 18.2 Å². The van der Waals surface area contributed by atoms with Crippen LogP contribution in [-0.4, -0.2) is 4.57 Å². The summed E-state index contributed by atoms with van der Waals surface area (Å²) in [5.74, 6) is 0. The van der Waals surface area contributed by atoms with E-state index < -0.39 is 0 Å². The molecule has 2 aromatic carbocycles. The fourth-order valence-corrected chi connectivity index (χ4v) is 2.81. The maximum Gasteiger partial charge on any atom is 0.0992 e. The van der Waals surface area contributed by atoms with Crippen LogP contribution < -0.4 is 5.73 Å². The van der Waals surface area contributed by atoms with Crippen molar-refractivity contribution in [3.63, 3.8) is 0 Å². The van der Waals surface area contributed by atoms with Crippen LogP contribution in [0.5, 0.6) is 0 Å². The zero-order valence-electron chi connectivity index (χ0n) is 10.7. The third-order valence-electron chi connectivity index (χ3n) is 3.39. The van der Waals surface area contributed by atoms with Crippen molar-refractivity contribution >= 4 is 32.5 Å². The molecule has 0 saturated heterocycles. The van der Waals surface area contributed by atoms with E-state index in [1.165, 1.54) is 0 Å². The highest BCUT2D eigenvalue weighted by Crippen LogP contribution is 2.26. The van der Waals surface area contributed by atoms with Crippen molar-refractivity contribution in [1.82, 2.24) is 4.57 Å². The average Bonchev–Trinajstić information content (AvgIpc) is 2.85. The maximum absolute atomic E-state index is 9.02. The quantitative estimate of drug-likeness (QED) is 0.726. The smallest absolute Gasteiger partial charge is 0.0992 e. The predicted octanol–water partition coefficient (Wildman–Crippen LogP) is 3.91. The summed E-state index contributed by atoms with van der Waals surface area (Å²) in [5.41, 5.74) is 9.56. The number of anilines is 1. The van der Waals surface area contributed by atoms with Gasteiger partial charge in [0, 0.05) is 27.4 Å². The van der Waals surface area contributed by atoms with Crippen molar-refractivity contribution in [2.45, 2.75) is 6.54 Å². The number of hydrogen-bond acceptors (Lipinski definition) is 2. The molecule has 0 spiro atoms. The summed E-state index contributed by atoms with van der Waals surface area (Å²) in [7, 11) is 0. The van der Waals surface area contributed by atoms with Gasteiger partial charge in [-0.15, -0.1) is 0 Å². The highest BCUT2D eigenvalue weighted by molar-refractivity contribution is 9.10. The molecule has 0 aliphatic heterocycles. The number of nitriles is 1. The molecule has 2 N–H and O–H groups in total. The minimum Gasteiger partial charge on any atom is -0.398 e. The summed E-state index contributed by atoms with van der Waals surface area (Å²) in [6.07, 6.45) is 2.02. The Hall–Kier alpha value is -2.25. The lowest BCUT2D eigenvalue weighted by molar-refractivity contribution is 0.835. The van der Waals surface area contributed by atoms with Crippen molar-refractivity contribution in [3.8, 4) is 6.07 Å². The van der Waals surface area contributed by atoms with Gasteiger partial charge >= 0.3 is 0 Å². The minimum atomic E-state index is 0.664. The summed E-state index contributed by atoms with van der Waals surface area (Å²) in [6.45, 7) is 0.672. The summed E-state index contributed by atoms with van der Waals surface area (Å²) in [4.78, 5) is 0. The number of benzene rings is 2. The summed E-state index contributed by atoms with van der Waals surface area (Å²) < 4.78 is 3.10. The molecular formula is C16H12BrN3. The fraction of sp³-hybridized carbons (Fsp3) is 0.0625. The van der Waals surface area contributed by atoms with E-state index in [2.05, 4.69) is 26.6 Å². The molecule has 1 aromatic heterocycles. The lowest BCUT2D eigenvalue weighted by Gasteiger charge is -2.10. The summed E-state index contributed by atoms with van der Waals surface area (Å²) in [6, 6.07) is 15.7. The van der Waals surface area contributed by atoms with Crippen LogP contribution in [0.4, 0.5) is 5.69 Å². The molecule has 20 heavy (non-hydrogen) atoms. The van der Waals surface area contributed by atoms with Crippen LogP contribution in [-0.2, 0) is 6.54 Å². The van der Waals surface area contributed by atoms with Crippen LogP contribution in [0.15, 0.2) is 53.1 Å². The van der Waals surface area contributed by atoms with Gasteiger partial charge in [0.15, 0.2) is 0 Å². The molecule has 3 rings (SSSR count). The maximum atomic E-state index is 9.02. The largest absolute Gasteiger partial charge is 0.398 e. The Kier molecular flexibility index (Phi) is 3.21. The van der Waals surface area contributed by atoms with E-state index in [0.717, 1.165) is 26.6 Å². The topological polar surface area (TPSA) is 54.7 Å². The van der Waals surface area contributed by atoms with Crippen molar-refractivity contribution in [2.75, 3.05) is 5.73 Å². The Morgan fingerprint density at radius 1 is 1.20 bits per heavy atom. The molecule has 0 saturated carbocycles. The van der Waals surface area contributed by atoms with Gasteiger partial charge in [-0.3, -0.25) is 0 Å². The van der Waals surface area contributed by atoms with Gasteiger partial charge in [-0.1, -0.05) is 28.1 Å². The van der Waals surface area contributed by atoms with Crippen LogP contribution in [0.2, 0.25) is 0 Å². The van der Waals surface area contributed by atoms with Gasteiger partial charge in [-0.2, -0.15) is 5.26 Å². The van der Waals surface area contributed by atoms with Crippen LogP contribution in [0.25, 0.3) is 10.9 Å². The summed E-state index contributed by atoms with van der Waals surface area (Å²) >= 11 is 3.54. The molecular weight excluding hydrogens is 314 g/mol.